The Kier molecular flexibility index (Phi) is 9.22. The number of allylic oxidation sites excluding steroid dienone is 2. The van der Waals surface area contributed by atoms with E-state index in [0.717, 1.165) is 44.2 Å². The minimum Gasteiger partial charge on any atom is -0.504 e. The lowest BCUT2D eigenvalue weighted by molar-refractivity contribution is -0.165. The van der Waals surface area contributed by atoms with Crippen molar-refractivity contribution in [3.05, 3.63) is 100 Å². The van der Waals surface area contributed by atoms with Crippen LogP contribution < -0.4 is 11.2 Å². The van der Waals surface area contributed by atoms with Gasteiger partial charge in [-0.1, -0.05) is 41.6 Å². The molecule has 2 amide bonds. The van der Waals surface area contributed by atoms with E-state index in [2.05, 4.69) is 15.5 Å². The maximum atomic E-state index is 13.1. The van der Waals surface area contributed by atoms with Gasteiger partial charge < -0.3 is 30.6 Å². The molecule has 3 atom stereocenters. The number of thioether (sulfide) groups is 2. The van der Waals surface area contributed by atoms with Crippen molar-refractivity contribution >= 4 is 64.4 Å². The van der Waals surface area contributed by atoms with Crippen molar-refractivity contribution in [2.24, 2.45) is 11.0 Å². The molecule has 3 aliphatic heterocycles. The van der Waals surface area contributed by atoms with Gasteiger partial charge in [-0.3, -0.25) is 24.5 Å². The Morgan fingerprint density at radius 1 is 1.16 bits per heavy atom. The average Bonchev–Trinajstić information content (AvgIpc) is 3.52. The van der Waals surface area contributed by atoms with Crippen LogP contribution in [0.4, 0.5) is 0 Å². The van der Waals surface area contributed by atoms with Crippen LogP contribution in [0.25, 0.3) is 10.9 Å². The number of benzene rings is 2. The highest BCUT2D eigenvalue weighted by molar-refractivity contribution is 8.02. The number of hydrogen-bond acceptors (Lipinski definition) is 13. The molecule has 17 heteroatoms. The molecular formula is C32H28N6O9S2. The number of nitrogens with one attached hydrogen (secondary N) is 1. The lowest BCUT2D eigenvalue weighted by Crippen LogP contribution is -2.70. The highest BCUT2D eigenvalue weighted by Crippen LogP contribution is 2.46. The number of phenolic OH excluding ortho intramolecular Hbond substituents is 2. The van der Waals surface area contributed by atoms with Gasteiger partial charge in [0.1, 0.15) is 23.3 Å². The summed E-state index contributed by atoms with van der Waals surface area (Å²) in [6, 6.07) is 12.2. The van der Waals surface area contributed by atoms with E-state index in [1.165, 1.54) is 29.3 Å². The number of carbonyl (C=O) groups excluding carboxylic acids is 2. The molecule has 1 fully saturated rings. The number of aromatic nitrogens is 1. The predicted octanol–water partition coefficient (Wildman–Crippen LogP) is 2.19. The molecule has 15 nitrogen and oxygen atoms in total. The third kappa shape index (κ3) is 6.14. The van der Waals surface area contributed by atoms with Gasteiger partial charge in [0.2, 0.25) is 0 Å². The normalized spacial score (nSPS) is 20.3. The molecular weight excluding hydrogens is 677 g/mol. The van der Waals surface area contributed by atoms with E-state index in [1.807, 2.05) is 36.4 Å². The Hall–Kier alpha value is -5.52. The van der Waals surface area contributed by atoms with Gasteiger partial charge in [0.25, 0.3) is 11.8 Å². The quantitative estimate of drug-likeness (QED) is 0.0553. The standard InChI is InChI=1S/C32H28N6O9S2/c33-37-16-48-15-23(37)32(31(45)46,20-7-2-8-22(39)27(20)41)47-35-13-24(40)36-25-28(42)38-26(30(43)44)19(14-49-29(25)38)5-1-4-17-9-10-18-6-3-11-34-21(18)12-17/h1-3,5-13,15,25,29,39,41H,4,14,16,33H2,(H,36,40)(H,43,44)(H,45,46). The number of pyridine rings is 1. The number of para-hydroxylation sites is 1. The van der Waals surface area contributed by atoms with Gasteiger partial charge in [-0.15, -0.1) is 23.5 Å². The molecule has 1 saturated heterocycles. The fourth-order valence-corrected chi connectivity index (χ4v) is 7.78. The maximum Gasteiger partial charge on any atom is 0.362 e. The topological polar surface area (TPSA) is 228 Å². The smallest absolute Gasteiger partial charge is 0.362 e. The molecule has 0 saturated carbocycles. The lowest BCUT2D eigenvalue weighted by atomic mass is 9.89. The summed E-state index contributed by atoms with van der Waals surface area (Å²) in [5.41, 5.74) is -1.04. The first-order valence-electron chi connectivity index (χ1n) is 14.6. The number of oxime groups is 1. The number of amides is 2. The van der Waals surface area contributed by atoms with E-state index in [4.69, 9.17) is 10.7 Å². The Balaban J connectivity index is 1.15. The number of nitrogens with two attached hydrogens (primary N) is 1. The lowest BCUT2D eigenvalue weighted by Gasteiger charge is -2.49. The SMILES string of the molecule is NN1CSC=C1C(ON=CC(=O)NC1C(=O)N2C(C(=O)O)=C(C=CCc3ccc4cccnc4c3)CSC12)(C(=O)O)c1cccc(O)c1O. The summed E-state index contributed by atoms with van der Waals surface area (Å²) in [4.78, 5) is 61.8. The molecule has 2 aromatic carbocycles. The number of aliphatic carboxylic acids is 2. The van der Waals surface area contributed by atoms with Crippen molar-refractivity contribution < 1.29 is 44.4 Å². The molecule has 4 heterocycles. The Labute approximate surface area is 286 Å². The molecule has 3 unspecified atom stereocenters. The van der Waals surface area contributed by atoms with Crippen LogP contribution in [0.3, 0.4) is 0 Å². The Morgan fingerprint density at radius 3 is 2.71 bits per heavy atom. The van der Waals surface area contributed by atoms with Crippen molar-refractivity contribution in [2.75, 3.05) is 11.6 Å². The molecule has 252 valence electrons. The van der Waals surface area contributed by atoms with Crippen molar-refractivity contribution in [3.63, 3.8) is 0 Å². The number of aromatic hydroxyl groups is 2. The van der Waals surface area contributed by atoms with Gasteiger partial charge in [0.15, 0.2) is 11.5 Å². The number of fused-ring (bicyclic) bond motifs is 2. The summed E-state index contributed by atoms with van der Waals surface area (Å²) in [5.74, 6) is 0.404. The van der Waals surface area contributed by atoms with Gasteiger partial charge in [0, 0.05) is 17.3 Å². The van der Waals surface area contributed by atoms with Crippen LogP contribution in [-0.2, 0) is 36.0 Å². The second kappa shape index (κ2) is 13.5. The average molecular weight is 705 g/mol. The van der Waals surface area contributed by atoms with Gasteiger partial charge in [-0.05, 0) is 47.2 Å². The molecule has 7 N–H and O–H groups in total. The van der Waals surface area contributed by atoms with Crippen molar-refractivity contribution in [1.29, 1.82) is 0 Å². The maximum absolute atomic E-state index is 13.1. The highest BCUT2D eigenvalue weighted by Gasteiger charge is 2.55. The number of hydrogen-bond donors (Lipinski definition) is 6. The monoisotopic (exact) mass is 704 g/mol. The summed E-state index contributed by atoms with van der Waals surface area (Å²) in [6.45, 7) is 0. The van der Waals surface area contributed by atoms with Crippen LogP contribution in [0.2, 0.25) is 0 Å². The first-order valence-corrected chi connectivity index (χ1v) is 16.7. The van der Waals surface area contributed by atoms with E-state index in [1.54, 1.807) is 12.3 Å². The summed E-state index contributed by atoms with van der Waals surface area (Å²) in [6.07, 6.45) is 6.33. The summed E-state index contributed by atoms with van der Waals surface area (Å²) in [5, 5.41) is 49.6. The fourth-order valence-electron chi connectivity index (χ4n) is 5.62. The summed E-state index contributed by atoms with van der Waals surface area (Å²) in [7, 11) is 0. The van der Waals surface area contributed by atoms with Crippen molar-refractivity contribution in [3.8, 4) is 11.5 Å². The minimum atomic E-state index is -2.57. The largest absolute Gasteiger partial charge is 0.504 e. The predicted molar refractivity (Wildman–Crippen MR) is 180 cm³/mol. The molecule has 0 bridgehead atoms. The number of rotatable bonds is 11. The second-order valence-electron chi connectivity index (χ2n) is 11.0. The molecule has 3 aliphatic rings. The number of hydrazine groups is 1. The Morgan fingerprint density at radius 2 is 1.98 bits per heavy atom. The third-order valence-corrected chi connectivity index (χ3v) is 10.1. The number of β-lactam (4-membered cyclic amide) rings is 1. The number of carboxylic acid groups (broad SMARTS) is 2. The van der Waals surface area contributed by atoms with Crippen LogP contribution in [0.5, 0.6) is 11.5 Å². The van der Waals surface area contributed by atoms with E-state index in [0.29, 0.717) is 18.2 Å². The van der Waals surface area contributed by atoms with Crippen LogP contribution in [0, 0.1) is 0 Å². The van der Waals surface area contributed by atoms with Gasteiger partial charge >= 0.3 is 17.5 Å². The van der Waals surface area contributed by atoms with Crippen molar-refractivity contribution in [2.45, 2.75) is 23.4 Å². The molecule has 6 rings (SSSR count). The first-order chi connectivity index (χ1) is 23.5. The van der Waals surface area contributed by atoms with Gasteiger partial charge in [-0.25, -0.2) is 15.4 Å². The zero-order valence-electron chi connectivity index (χ0n) is 25.3. The van der Waals surface area contributed by atoms with Crippen LogP contribution >= 0.6 is 23.5 Å². The minimum absolute atomic E-state index is 0.140. The Bertz CT molecular complexity index is 2000. The summed E-state index contributed by atoms with van der Waals surface area (Å²) >= 11 is 2.41. The molecule has 1 aromatic heterocycles. The molecule has 0 aliphatic carbocycles. The van der Waals surface area contributed by atoms with Crippen LogP contribution in [-0.4, -0.2) is 88.3 Å². The first kappa shape index (κ1) is 33.4. The van der Waals surface area contributed by atoms with Gasteiger partial charge in [0.05, 0.1) is 22.7 Å². The van der Waals surface area contributed by atoms with E-state index < -0.39 is 57.8 Å². The summed E-state index contributed by atoms with van der Waals surface area (Å²) < 4.78 is 0. The highest BCUT2D eigenvalue weighted by atomic mass is 32.2. The number of nitrogens with zero attached hydrogens (tertiary/aromatic N) is 4. The molecule has 0 spiro atoms. The van der Waals surface area contributed by atoms with Crippen molar-refractivity contribution in [1.82, 2.24) is 20.2 Å². The zero-order chi connectivity index (χ0) is 34.9. The van der Waals surface area contributed by atoms with E-state index in [9.17, 15) is 39.6 Å². The zero-order valence-corrected chi connectivity index (χ0v) is 26.9. The second-order valence-corrected chi connectivity index (χ2v) is 12.9. The molecule has 49 heavy (non-hydrogen) atoms. The molecule has 0 radical (unpaired) electrons. The van der Waals surface area contributed by atoms with Crippen LogP contribution in [0.1, 0.15) is 11.1 Å². The van der Waals surface area contributed by atoms with Crippen LogP contribution in [0.15, 0.2) is 94.4 Å². The number of phenols is 2. The van der Waals surface area contributed by atoms with E-state index in [-0.39, 0.29) is 23.0 Å². The fraction of sp³-hybridized carbons (Fsp3) is 0.188. The molecule has 3 aromatic rings. The third-order valence-electron chi connectivity index (χ3n) is 7.97. The number of carbonyl (C=O) groups is 4. The number of carboxylic acids is 2. The van der Waals surface area contributed by atoms with Gasteiger partial charge in [-0.2, -0.15) is 0 Å². The van der Waals surface area contributed by atoms with E-state index >= 15 is 0 Å².